The third-order valence-electron chi connectivity index (χ3n) is 4.11. The smallest absolute Gasteiger partial charge is 0.0547 e. The van der Waals surface area contributed by atoms with Gasteiger partial charge in [-0.3, -0.25) is 0 Å². The molecule has 1 heterocycles. The topological polar surface area (TPSA) is 24.5 Å². The largest absolute Gasteiger partial charge is 0.381 e. The Balaban J connectivity index is 1.77. The molecule has 0 aromatic rings. The third kappa shape index (κ3) is 4.52. The van der Waals surface area contributed by atoms with Gasteiger partial charge in [-0.25, -0.2) is 0 Å². The zero-order valence-corrected chi connectivity index (χ0v) is 12.4. The van der Waals surface area contributed by atoms with Crippen molar-refractivity contribution < 1.29 is 4.74 Å². The van der Waals surface area contributed by atoms with Crippen molar-refractivity contribution in [3.63, 3.8) is 0 Å². The zero-order chi connectivity index (χ0) is 13.0. The molecule has 1 N–H and O–H groups in total. The van der Waals surface area contributed by atoms with Gasteiger partial charge >= 0.3 is 0 Å². The van der Waals surface area contributed by atoms with E-state index in [4.69, 9.17) is 4.74 Å². The molecule has 3 heteroatoms. The molecule has 0 aromatic heterocycles. The lowest BCUT2D eigenvalue weighted by Gasteiger charge is -2.33. The molecule has 0 radical (unpaired) electrons. The first-order valence-electron chi connectivity index (χ1n) is 7.57. The minimum Gasteiger partial charge on any atom is -0.381 e. The van der Waals surface area contributed by atoms with Crippen LogP contribution < -0.4 is 5.32 Å². The van der Waals surface area contributed by atoms with Gasteiger partial charge < -0.3 is 15.0 Å². The summed E-state index contributed by atoms with van der Waals surface area (Å²) in [5.74, 6) is 1.71. The van der Waals surface area contributed by atoms with Gasteiger partial charge in [-0.2, -0.15) is 0 Å². The number of rotatable bonds is 8. The average molecular weight is 254 g/mol. The van der Waals surface area contributed by atoms with Crippen LogP contribution in [0.2, 0.25) is 0 Å². The summed E-state index contributed by atoms with van der Waals surface area (Å²) in [7, 11) is 2.28. The maximum absolute atomic E-state index is 5.67. The minimum absolute atomic E-state index is 0.360. The molecular weight excluding hydrogens is 224 g/mol. The molecular formula is C15H30N2O. The van der Waals surface area contributed by atoms with E-state index in [-0.39, 0.29) is 0 Å². The summed E-state index contributed by atoms with van der Waals surface area (Å²) in [4.78, 5) is 2.53. The normalized spacial score (nSPS) is 28.5. The second-order valence-electron chi connectivity index (χ2n) is 6.97. The molecule has 0 amide bonds. The second kappa shape index (κ2) is 6.36. The summed E-state index contributed by atoms with van der Waals surface area (Å²) in [6.07, 6.45) is 4.10. The predicted molar refractivity (Wildman–Crippen MR) is 75.8 cm³/mol. The van der Waals surface area contributed by atoms with Gasteiger partial charge in [-0.05, 0) is 44.7 Å². The molecule has 1 unspecified atom stereocenters. The Morgan fingerprint density at radius 1 is 1.39 bits per heavy atom. The molecule has 0 aromatic carbocycles. The number of nitrogens with one attached hydrogen (secondary N) is 1. The van der Waals surface area contributed by atoms with Gasteiger partial charge in [0.15, 0.2) is 0 Å². The van der Waals surface area contributed by atoms with Crippen molar-refractivity contribution in [3.8, 4) is 0 Å². The molecule has 2 aliphatic rings. The fourth-order valence-electron chi connectivity index (χ4n) is 2.97. The lowest BCUT2D eigenvalue weighted by Crippen LogP contribution is -2.44. The highest BCUT2D eigenvalue weighted by Crippen LogP contribution is 2.32. The van der Waals surface area contributed by atoms with Gasteiger partial charge in [-0.1, -0.05) is 13.8 Å². The van der Waals surface area contributed by atoms with Crippen molar-refractivity contribution >= 4 is 0 Å². The summed E-state index contributed by atoms with van der Waals surface area (Å²) < 4.78 is 5.67. The maximum atomic E-state index is 5.67. The molecule has 1 aliphatic carbocycles. The number of hydrogen-bond acceptors (Lipinski definition) is 3. The van der Waals surface area contributed by atoms with Gasteiger partial charge in [0.1, 0.15) is 0 Å². The molecule has 2 rings (SSSR count). The molecule has 106 valence electrons. The summed E-state index contributed by atoms with van der Waals surface area (Å²) >= 11 is 0. The fraction of sp³-hybridized carbons (Fsp3) is 1.00. The number of ether oxygens (including phenoxy) is 1. The van der Waals surface area contributed by atoms with Gasteiger partial charge in [0.25, 0.3) is 0 Å². The van der Waals surface area contributed by atoms with Crippen LogP contribution in [0.1, 0.15) is 33.1 Å². The second-order valence-corrected chi connectivity index (χ2v) is 6.97. The van der Waals surface area contributed by atoms with Crippen molar-refractivity contribution in [3.05, 3.63) is 0 Å². The highest BCUT2D eigenvalue weighted by molar-refractivity contribution is 4.89. The Morgan fingerprint density at radius 2 is 2.17 bits per heavy atom. The Bertz CT molecular complexity index is 245. The first kappa shape index (κ1) is 14.3. The molecule has 1 atom stereocenters. The van der Waals surface area contributed by atoms with E-state index >= 15 is 0 Å². The van der Waals surface area contributed by atoms with E-state index in [0.717, 1.165) is 38.1 Å². The molecule has 1 saturated heterocycles. The van der Waals surface area contributed by atoms with Crippen LogP contribution >= 0.6 is 0 Å². The SMILES string of the molecule is CC(C)CNCC1(CN(C)CC2CC2)CCOC1. The molecule has 0 spiro atoms. The van der Waals surface area contributed by atoms with Crippen LogP contribution in [0.25, 0.3) is 0 Å². The zero-order valence-electron chi connectivity index (χ0n) is 12.4. The molecule has 18 heavy (non-hydrogen) atoms. The van der Waals surface area contributed by atoms with E-state index in [0.29, 0.717) is 5.41 Å². The number of nitrogens with zero attached hydrogens (tertiary/aromatic N) is 1. The van der Waals surface area contributed by atoms with Crippen molar-refractivity contribution in [2.24, 2.45) is 17.3 Å². The lowest BCUT2D eigenvalue weighted by molar-refractivity contribution is 0.116. The number of hydrogen-bond donors (Lipinski definition) is 1. The molecule has 3 nitrogen and oxygen atoms in total. The highest BCUT2D eigenvalue weighted by Gasteiger charge is 2.36. The Hall–Kier alpha value is -0.120. The minimum atomic E-state index is 0.360. The Morgan fingerprint density at radius 3 is 2.72 bits per heavy atom. The third-order valence-corrected chi connectivity index (χ3v) is 4.11. The van der Waals surface area contributed by atoms with Crippen molar-refractivity contribution in [2.75, 3.05) is 46.4 Å². The van der Waals surface area contributed by atoms with Crippen molar-refractivity contribution in [1.82, 2.24) is 10.2 Å². The van der Waals surface area contributed by atoms with Crippen molar-refractivity contribution in [2.45, 2.75) is 33.1 Å². The Labute approximate surface area is 112 Å². The average Bonchev–Trinajstić information content (AvgIpc) is 2.97. The van der Waals surface area contributed by atoms with Crippen LogP contribution in [-0.4, -0.2) is 51.3 Å². The fourth-order valence-corrected chi connectivity index (χ4v) is 2.97. The van der Waals surface area contributed by atoms with Crippen molar-refractivity contribution in [1.29, 1.82) is 0 Å². The Kier molecular flexibility index (Phi) is 5.05. The van der Waals surface area contributed by atoms with E-state index in [1.165, 1.54) is 32.4 Å². The quantitative estimate of drug-likeness (QED) is 0.717. The lowest BCUT2D eigenvalue weighted by atomic mass is 9.86. The highest BCUT2D eigenvalue weighted by atomic mass is 16.5. The van der Waals surface area contributed by atoms with Gasteiger partial charge in [0.2, 0.25) is 0 Å². The van der Waals surface area contributed by atoms with E-state index < -0.39 is 0 Å². The van der Waals surface area contributed by atoms with E-state index in [1.807, 2.05) is 0 Å². The van der Waals surface area contributed by atoms with Crippen LogP contribution in [-0.2, 0) is 4.74 Å². The molecule has 1 aliphatic heterocycles. The molecule has 2 fully saturated rings. The standard InChI is InChI=1S/C15H30N2O/c1-13(2)8-16-10-15(6-7-18-12-15)11-17(3)9-14-4-5-14/h13-14,16H,4-12H2,1-3H3. The van der Waals surface area contributed by atoms with E-state index in [1.54, 1.807) is 0 Å². The monoisotopic (exact) mass is 254 g/mol. The van der Waals surface area contributed by atoms with E-state index in [2.05, 4.69) is 31.1 Å². The summed E-state index contributed by atoms with van der Waals surface area (Å²) in [5, 5.41) is 3.64. The summed E-state index contributed by atoms with van der Waals surface area (Å²) in [5.41, 5.74) is 0.360. The van der Waals surface area contributed by atoms with Crippen LogP contribution in [0, 0.1) is 17.3 Å². The van der Waals surface area contributed by atoms with Crippen LogP contribution in [0.3, 0.4) is 0 Å². The van der Waals surface area contributed by atoms with Gasteiger partial charge in [0, 0.05) is 31.7 Å². The first-order valence-corrected chi connectivity index (χ1v) is 7.57. The molecule has 1 saturated carbocycles. The molecule has 0 bridgehead atoms. The maximum Gasteiger partial charge on any atom is 0.0547 e. The van der Waals surface area contributed by atoms with Gasteiger partial charge in [0.05, 0.1) is 6.61 Å². The van der Waals surface area contributed by atoms with E-state index in [9.17, 15) is 0 Å². The first-order chi connectivity index (χ1) is 8.60. The van der Waals surface area contributed by atoms with Gasteiger partial charge in [-0.15, -0.1) is 0 Å². The summed E-state index contributed by atoms with van der Waals surface area (Å²) in [6.45, 7) is 11.1. The van der Waals surface area contributed by atoms with Crippen LogP contribution in [0.15, 0.2) is 0 Å². The summed E-state index contributed by atoms with van der Waals surface area (Å²) in [6, 6.07) is 0. The van der Waals surface area contributed by atoms with Crippen LogP contribution in [0.5, 0.6) is 0 Å². The predicted octanol–water partition coefficient (Wildman–Crippen LogP) is 1.98. The van der Waals surface area contributed by atoms with Crippen LogP contribution in [0.4, 0.5) is 0 Å².